The first-order valence-corrected chi connectivity index (χ1v) is 13.0. The minimum absolute atomic E-state index is 0.00295. The van der Waals surface area contributed by atoms with Gasteiger partial charge in [0.05, 0.1) is 6.10 Å². The molecule has 3 saturated carbocycles. The van der Waals surface area contributed by atoms with E-state index in [1.165, 1.54) is 63.2 Å². The van der Waals surface area contributed by atoms with Crippen molar-refractivity contribution in [2.75, 3.05) is 0 Å². The number of rotatable bonds is 6. The van der Waals surface area contributed by atoms with Crippen LogP contribution < -0.4 is 0 Å². The van der Waals surface area contributed by atoms with E-state index in [9.17, 15) is 9.90 Å². The molecule has 3 fully saturated rings. The van der Waals surface area contributed by atoms with Gasteiger partial charge in [0.15, 0.2) is 0 Å². The summed E-state index contributed by atoms with van der Waals surface area (Å²) < 4.78 is 0. The summed E-state index contributed by atoms with van der Waals surface area (Å²) in [6, 6.07) is 0. The van der Waals surface area contributed by atoms with Gasteiger partial charge in [0, 0.05) is 11.3 Å². The Hall–Kier alpha value is -0.630. The molecule has 1 unspecified atom stereocenters. The first-order valence-electron chi connectivity index (χ1n) is 13.0. The third-order valence-electron chi connectivity index (χ3n) is 10.7. The lowest BCUT2D eigenvalue weighted by molar-refractivity contribution is -0.124. The van der Waals surface area contributed by atoms with Crippen LogP contribution >= 0.6 is 0 Å². The molecule has 2 nitrogen and oxygen atoms in total. The van der Waals surface area contributed by atoms with Crippen molar-refractivity contribution in [3.05, 3.63) is 11.6 Å². The molecule has 0 radical (unpaired) electrons. The Bertz CT molecular complexity index is 666. The Morgan fingerprint density at radius 2 is 1.90 bits per heavy atom. The average Bonchev–Trinajstić information content (AvgIpc) is 3.05. The molecule has 2 heteroatoms. The van der Waals surface area contributed by atoms with Crippen LogP contribution in [0.5, 0.6) is 0 Å². The number of hydrogen-bond acceptors (Lipinski definition) is 2. The Labute approximate surface area is 185 Å². The highest BCUT2D eigenvalue weighted by Gasteiger charge is 2.60. The first-order chi connectivity index (χ1) is 14.2. The molecule has 9 atom stereocenters. The van der Waals surface area contributed by atoms with Crippen LogP contribution in [0.4, 0.5) is 0 Å². The molecule has 4 aliphatic carbocycles. The molecule has 0 aromatic rings. The number of allylic oxidation sites excluding steroid dienone is 1. The maximum atomic E-state index is 12.1. The van der Waals surface area contributed by atoms with Gasteiger partial charge in [0.2, 0.25) is 0 Å². The van der Waals surface area contributed by atoms with E-state index in [-0.39, 0.29) is 17.4 Å². The molecule has 0 bridgehead atoms. The third kappa shape index (κ3) is 3.54. The van der Waals surface area contributed by atoms with Gasteiger partial charge in [-0.25, -0.2) is 0 Å². The van der Waals surface area contributed by atoms with Gasteiger partial charge >= 0.3 is 0 Å². The lowest BCUT2D eigenvalue weighted by Crippen LogP contribution is -2.54. The van der Waals surface area contributed by atoms with E-state index in [0.717, 1.165) is 36.0 Å². The van der Waals surface area contributed by atoms with Gasteiger partial charge in [-0.3, -0.25) is 0 Å². The molecule has 4 rings (SSSR count). The van der Waals surface area contributed by atoms with Crippen molar-refractivity contribution in [3.8, 4) is 0 Å². The molecule has 170 valence electrons. The second-order valence-corrected chi connectivity index (χ2v) is 12.5. The molecule has 0 saturated heterocycles. The predicted octanol–water partition coefficient (Wildman–Crippen LogP) is 6.81. The maximum Gasteiger partial charge on any atom is 0.124 e. The normalized spacial score (nSPS) is 46.6. The Kier molecular flexibility index (Phi) is 6.30. The van der Waals surface area contributed by atoms with E-state index in [0.29, 0.717) is 17.8 Å². The zero-order valence-corrected chi connectivity index (χ0v) is 20.2. The monoisotopic (exact) mass is 414 g/mol. The molecular weight excluding hydrogens is 368 g/mol. The number of aliphatic hydroxyl groups excluding tert-OH is 1. The molecule has 0 spiro atoms. The molecule has 0 heterocycles. The summed E-state index contributed by atoms with van der Waals surface area (Å²) in [5, 5.41) is 10.4. The fourth-order valence-corrected chi connectivity index (χ4v) is 9.01. The smallest absolute Gasteiger partial charge is 0.124 e. The molecule has 0 aliphatic heterocycles. The largest absolute Gasteiger partial charge is 0.393 e. The number of aldehydes is 1. The van der Waals surface area contributed by atoms with E-state index >= 15 is 0 Å². The quantitative estimate of drug-likeness (QED) is 0.383. The van der Waals surface area contributed by atoms with Crippen LogP contribution in [0.25, 0.3) is 0 Å². The molecule has 4 aliphatic rings. The highest BCUT2D eigenvalue weighted by molar-refractivity contribution is 5.58. The molecule has 0 amide bonds. The fraction of sp³-hybridized carbons (Fsp3) is 0.893. The van der Waals surface area contributed by atoms with E-state index in [4.69, 9.17) is 0 Å². The summed E-state index contributed by atoms with van der Waals surface area (Å²) in [6.07, 6.45) is 15.5. The summed E-state index contributed by atoms with van der Waals surface area (Å²) in [5.41, 5.74) is 1.89. The highest BCUT2D eigenvalue weighted by Crippen LogP contribution is 2.68. The predicted molar refractivity (Wildman–Crippen MR) is 124 cm³/mol. The summed E-state index contributed by atoms with van der Waals surface area (Å²) >= 11 is 0. The van der Waals surface area contributed by atoms with Crippen molar-refractivity contribution >= 4 is 6.29 Å². The summed E-state index contributed by atoms with van der Waals surface area (Å²) in [7, 11) is 0. The maximum absolute atomic E-state index is 12.1. The highest BCUT2D eigenvalue weighted by atomic mass is 16.3. The summed E-state index contributed by atoms with van der Waals surface area (Å²) in [5.74, 6) is 4.73. The molecule has 30 heavy (non-hydrogen) atoms. The van der Waals surface area contributed by atoms with E-state index in [1.54, 1.807) is 0 Å². The van der Waals surface area contributed by atoms with Gasteiger partial charge in [0.1, 0.15) is 6.29 Å². The Morgan fingerprint density at radius 3 is 2.60 bits per heavy atom. The SMILES string of the molecule is CC(C)CCC[C@@H](C)[C@H]1CC[C@H]2[C@@H]3CC=C4C[C@@H](O)CC(C=O)[C@]4(C)[C@H]3CC[C@]12C. The molecular formula is C28H46O2. The lowest BCUT2D eigenvalue weighted by atomic mass is 9.45. The standard InChI is InChI=1S/C28H46O2/c1-18(2)7-6-8-19(3)24-11-12-25-23-10-9-20-15-22(30)16-21(17-29)28(20,5)26(23)13-14-27(24,25)4/h9,17-19,21-26,30H,6-8,10-16H2,1-5H3/t19-,21?,22-,23+,24-,25+,26+,27-,28-/m1/s1. The van der Waals surface area contributed by atoms with Crippen LogP contribution in [0, 0.1) is 52.3 Å². The van der Waals surface area contributed by atoms with E-state index in [1.807, 2.05) is 0 Å². The third-order valence-corrected chi connectivity index (χ3v) is 10.7. The van der Waals surface area contributed by atoms with Crippen molar-refractivity contribution < 1.29 is 9.90 Å². The number of aliphatic hydroxyl groups is 1. The van der Waals surface area contributed by atoms with Gasteiger partial charge in [-0.2, -0.15) is 0 Å². The number of carbonyl (C=O) groups excluding carboxylic acids is 1. The summed E-state index contributed by atoms with van der Waals surface area (Å²) in [6.45, 7) is 12.2. The van der Waals surface area contributed by atoms with Gasteiger partial charge < -0.3 is 9.90 Å². The minimum atomic E-state index is -0.326. The summed E-state index contributed by atoms with van der Waals surface area (Å²) in [4.78, 5) is 12.1. The van der Waals surface area contributed by atoms with Gasteiger partial charge in [0.25, 0.3) is 0 Å². The van der Waals surface area contributed by atoms with E-state index in [2.05, 4.69) is 40.7 Å². The number of carbonyl (C=O) groups is 1. The van der Waals surface area contributed by atoms with Crippen LogP contribution in [0.1, 0.15) is 98.8 Å². The number of hydrogen-bond donors (Lipinski definition) is 1. The molecule has 1 N–H and O–H groups in total. The van der Waals surface area contributed by atoms with Crippen LogP contribution in [0.15, 0.2) is 11.6 Å². The topological polar surface area (TPSA) is 37.3 Å². The van der Waals surface area contributed by atoms with Gasteiger partial charge in [-0.1, -0.05) is 65.5 Å². The first kappa shape index (κ1) is 22.6. The fourth-order valence-electron chi connectivity index (χ4n) is 9.01. The minimum Gasteiger partial charge on any atom is -0.393 e. The molecule has 0 aromatic carbocycles. The van der Waals surface area contributed by atoms with Gasteiger partial charge in [-0.05, 0) is 85.9 Å². The Morgan fingerprint density at radius 1 is 1.13 bits per heavy atom. The van der Waals surface area contributed by atoms with Crippen LogP contribution in [0.3, 0.4) is 0 Å². The lowest BCUT2D eigenvalue weighted by Gasteiger charge is -2.59. The zero-order valence-electron chi connectivity index (χ0n) is 20.2. The number of fused-ring (bicyclic) bond motifs is 5. The Balaban J connectivity index is 1.54. The zero-order chi connectivity index (χ0) is 21.7. The van der Waals surface area contributed by atoms with Crippen LogP contribution in [0.2, 0.25) is 0 Å². The van der Waals surface area contributed by atoms with Crippen molar-refractivity contribution in [3.63, 3.8) is 0 Å². The van der Waals surface area contributed by atoms with Crippen LogP contribution in [-0.2, 0) is 4.79 Å². The van der Waals surface area contributed by atoms with Crippen molar-refractivity contribution in [1.29, 1.82) is 0 Å². The second-order valence-electron chi connectivity index (χ2n) is 12.5. The second kappa shape index (κ2) is 8.38. The van der Waals surface area contributed by atoms with Crippen LogP contribution in [-0.4, -0.2) is 17.5 Å². The van der Waals surface area contributed by atoms with Crippen molar-refractivity contribution in [2.45, 2.75) is 105 Å². The molecule has 0 aromatic heterocycles. The van der Waals surface area contributed by atoms with Crippen molar-refractivity contribution in [1.82, 2.24) is 0 Å². The van der Waals surface area contributed by atoms with E-state index < -0.39 is 0 Å². The van der Waals surface area contributed by atoms with Crippen molar-refractivity contribution in [2.24, 2.45) is 52.3 Å². The average molecular weight is 415 g/mol. The van der Waals surface area contributed by atoms with Gasteiger partial charge in [-0.15, -0.1) is 0 Å².